The highest BCUT2D eigenvalue weighted by Crippen LogP contribution is 2.14. The van der Waals surface area contributed by atoms with Gasteiger partial charge in [-0.05, 0) is 42.0 Å². The molecular formula is C19H17ClFN3O3. The maximum Gasteiger partial charge on any atom is 0.312 e. The van der Waals surface area contributed by atoms with E-state index in [2.05, 4.69) is 5.32 Å². The van der Waals surface area contributed by atoms with Gasteiger partial charge in [0.15, 0.2) is 0 Å². The Hall–Kier alpha value is -2.93. The number of rotatable bonds is 5. The second kappa shape index (κ2) is 8.18. The molecule has 8 heteroatoms. The molecule has 0 aromatic heterocycles. The minimum Gasteiger partial charge on any atom is -0.328 e. The average molecular weight is 390 g/mol. The Labute approximate surface area is 160 Å². The van der Waals surface area contributed by atoms with Gasteiger partial charge in [0.2, 0.25) is 5.91 Å². The van der Waals surface area contributed by atoms with E-state index in [1.807, 2.05) is 0 Å². The third kappa shape index (κ3) is 4.83. The van der Waals surface area contributed by atoms with Crippen LogP contribution in [0.3, 0.4) is 0 Å². The molecule has 1 aliphatic rings. The van der Waals surface area contributed by atoms with Crippen molar-refractivity contribution < 1.29 is 18.8 Å². The molecule has 1 fully saturated rings. The number of benzene rings is 2. The van der Waals surface area contributed by atoms with Crippen molar-refractivity contribution in [1.82, 2.24) is 9.80 Å². The fourth-order valence-electron chi connectivity index (χ4n) is 2.73. The number of amides is 3. The SMILES string of the molecule is O=C(CN1CCN(Cc2ccc(Cl)cc2)C(=O)C1=O)Nc1ccc(F)cc1. The predicted octanol–water partition coefficient (Wildman–Crippen LogP) is 2.29. The van der Waals surface area contributed by atoms with E-state index < -0.39 is 23.5 Å². The Morgan fingerprint density at radius 1 is 0.963 bits per heavy atom. The smallest absolute Gasteiger partial charge is 0.312 e. The van der Waals surface area contributed by atoms with E-state index in [4.69, 9.17) is 11.6 Å². The largest absolute Gasteiger partial charge is 0.328 e. The second-order valence-electron chi connectivity index (χ2n) is 6.13. The molecule has 0 unspecified atom stereocenters. The molecule has 27 heavy (non-hydrogen) atoms. The first-order chi connectivity index (χ1) is 12.9. The Kier molecular flexibility index (Phi) is 5.71. The Morgan fingerprint density at radius 3 is 2.22 bits per heavy atom. The van der Waals surface area contributed by atoms with Crippen LogP contribution in [-0.4, -0.2) is 47.2 Å². The standard InChI is InChI=1S/C19H17ClFN3O3/c20-14-3-1-13(2-4-14)11-23-9-10-24(19(27)18(23)26)12-17(25)22-16-7-5-15(21)6-8-16/h1-8H,9-12H2,(H,22,25). The molecule has 3 rings (SSSR count). The van der Waals surface area contributed by atoms with Crippen molar-refractivity contribution in [3.8, 4) is 0 Å². The normalized spacial score (nSPS) is 14.4. The van der Waals surface area contributed by atoms with Crippen molar-refractivity contribution >= 4 is 35.0 Å². The number of halogens is 2. The molecule has 1 heterocycles. The number of carbonyl (C=O) groups is 3. The van der Waals surface area contributed by atoms with E-state index in [9.17, 15) is 18.8 Å². The van der Waals surface area contributed by atoms with Crippen LogP contribution in [0, 0.1) is 5.82 Å². The van der Waals surface area contributed by atoms with Crippen LogP contribution >= 0.6 is 11.6 Å². The zero-order valence-electron chi connectivity index (χ0n) is 14.3. The van der Waals surface area contributed by atoms with Gasteiger partial charge in [0.25, 0.3) is 0 Å². The van der Waals surface area contributed by atoms with E-state index in [1.54, 1.807) is 24.3 Å². The quantitative estimate of drug-likeness (QED) is 0.798. The lowest BCUT2D eigenvalue weighted by Gasteiger charge is -2.33. The molecule has 0 bridgehead atoms. The van der Waals surface area contributed by atoms with Gasteiger partial charge in [0, 0.05) is 30.3 Å². The lowest BCUT2D eigenvalue weighted by Crippen LogP contribution is -2.55. The third-order valence-corrected chi connectivity index (χ3v) is 4.40. The summed E-state index contributed by atoms with van der Waals surface area (Å²) in [4.78, 5) is 39.4. The van der Waals surface area contributed by atoms with Gasteiger partial charge in [-0.3, -0.25) is 14.4 Å². The molecule has 0 radical (unpaired) electrons. The number of carbonyl (C=O) groups excluding carboxylic acids is 3. The first kappa shape index (κ1) is 18.8. The Bertz CT molecular complexity index is 856. The van der Waals surface area contributed by atoms with Crippen LogP contribution in [0.25, 0.3) is 0 Å². The van der Waals surface area contributed by atoms with Crippen LogP contribution < -0.4 is 5.32 Å². The number of nitrogens with zero attached hydrogens (tertiary/aromatic N) is 2. The Balaban J connectivity index is 1.55. The molecule has 0 saturated carbocycles. The van der Waals surface area contributed by atoms with Gasteiger partial charge in [-0.1, -0.05) is 23.7 Å². The summed E-state index contributed by atoms with van der Waals surface area (Å²) in [6.45, 7) is 0.653. The fourth-order valence-corrected chi connectivity index (χ4v) is 2.86. The van der Waals surface area contributed by atoms with Crippen molar-refractivity contribution in [2.75, 3.05) is 25.0 Å². The van der Waals surface area contributed by atoms with Crippen LogP contribution in [0.4, 0.5) is 10.1 Å². The second-order valence-corrected chi connectivity index (χ2v) is 6.57. The van der Waals surface area contributed by atoms with E-state index in [0.29, 0.717) is 23.8 Å². The van der Waals surface area contributed by atoms with Crippen molar-refractivity contribution in [1.29, 1.82) is 0 Å². The monoisotopic (exact) mass is 389 g/mol. The van der Waals surface area contributed by atoms with Crippen LogP contribution in [0.15, 0.2) is 48.5 Å². The van der Waals surface area contributed by atoms with Gasteiger partial charge < -0.3 is 15.1 Å². The topological polar surface area (TPSA) is 69.7 Å². The molecule has 3 amide bonds. The molecule has 1 saturated heterocycles. The molecule has 2 aromatic rings. The highest BCUT2D eigenvalue weighted by Gasteiger charge is 2.33. The molecule has 1 aliphatic heterocycles. The van der Waals surface area contributed by atoms with Gasteiger partial charge in [0.1, 0.15) is 12.4 Å². The lowest BCUT2D eigenvalue weighted by atomic mass is 10.2. The summed E-state index contributed by atoms with van der Waals surface area (Å²) >= 11 is 5.84. The van der Waals surface area contributed by atoms with Crippen molar-refractivity contribution in [2.24, 2.45) is 0 Å². The highest BCUT2D eigenvalue weighted by atomic mass is 35.5. The fraction of sp³-hybridized carbons (Fsp3) is 0.211. The van der Waals surface area contributed by atoms with Crippen LogP contribution in [0.1, 0.15) is 5.56 Å². The molecule has 6 nitrogen and oxygen atoms in total. The summed E-state index contributed by atoms with van der Waals surface area (Å²) in [7, 11) is 0. The van der Waals surface area contributed by atoms with Crippen LogP contribution in [0.2, 0.25) is 5.02 Å². The average Bonchev–Trinajstić information content (AvgIpc) is 2.65. The van der Waals surface area contributed by atoms with Crippen LogP contribution in [0.5, 0.6) is 0 Å². The first-order valence-corrected chi connectivity index (χ1v) is 8.68. The maximum atomic E-state index is 12.9. The number of piperazine rings is 1. The molecule has 2 aromatic carbocycles. The minimum absolute atomic E-state index is 0.239. The zero-order valence-corrected chi connectivity index (χ0v) is 15.1. The molecule has 1 N–H and O–H groups in total. The maximum absolute atomic E-state index is 12.9. The summed E-state index contributed by atoms with van der Waals surface area (Å²) in [6.07, 6.45) is 0. The number of hydrogen-bond donors (Lipinski definition) is 1. The minimum atomic E-state index is -0.718. The summed E-state index contributed by atoms with van der Waals surface area (Å²) in [5.41, 5.74) is 1.28. The Morgan fingerprint density at radius 2 is 1.56 bits per heavy atom. The summed E-state index contributed by atoms with van der Waals surface area (Å²) in [6, 6.07) is 12.3. The zero-order chi connectivity index (χ0) is 19.4. The summed E-state index contributed by atoms with van der Waals surface area (Å²) in [5.74, 6) is -2.23. The van der Waals surface area contributed by atoms with Crippen molar-refractivity contribution in [3.63, 3.8) is 0 Å². The molecule has 0 atom stereocenters. The van der Waals surface area contributed by atoms with Crippen molar-refractivity contribution in [3.05, 3.63) is 64.9 Å². The molecule has 140 valence electrons. The lowest BCUT2D eigenvalue weighted by molar-refractivity contribution is -0.157. The van der Waals surface area contributed by atoms with Crippen molar-refractivity contribution in [2.45, 2.75) is 6.54 Å². The van der Waals surface area contributed by atoms with E-state index >= 15 is 0 Å². The number of hydrogen-bond acceptors (Lipinski definition) is 3. The predicted molar refractivity (Wildman–Crippen MR) is 98.5 cm³/mol. The van der Waals surface area contributed by atoms with E-state index in [1.165, 1.54) is 34.1 Å². The van der Waals surface area contributed by atoms with E-state index in [-0.39, 0.29) is 13.1 Å². The molecule has 0 spiro atoms. The first-order valence-electron chi connectivity index (χ1n) is 8.30. The highest BCUT2D eigenvalue weighted by molar-refractivity contribution is 6.35. The molecule has 0 aliphatic carbocycles. The molecular weight excluding hydrogens is 373 g/mol. The number of anilines is 1. The summed E-state index contributed by atoms with van der Waals surface area (Å²) < 4.78 is 12.9. The van der Waals surface area contributed by atoms with Gasteiger partial charge in [-0.25, -0.2) is 4.39 Å². The summed E-state index contributed by atoms with van der Waals surface area (Å²) in [5, 5.41) is 3.17. The van der Waals surface area contributed by atoms with E-state index in [0.717, 1.165) is 5.56 Å². The van der Waals surface area contributed by atoms with Gasteiger partial charge >= 0.3 is 11.8 Å². The van der Waals surface area contributed by atoms with Gasteiger partial charge in [-0.2, -0.15) is 0 Å². The van der Waals surface area contributed by atoms with Gasteiger partial charge in [-0.15, -0.1) is 0 Å². The number of nitrogens with one attached hydrogen (secondary N) is 1. The third-order valence-electron chi connectivity index (χ3n) is 4.15. The van der Waals surface area contributed by atoms with Crippen LogP contribution in [-0.2, 0) is 20.9 Å². The van der Waals surface area contributed by atoms with Gasteiger partial charge in [0.05, 0.1) is 0 Å².